The van der Waals surface area contributed by atoms with E-state index in [9.17, 15) is 5.11 Å². The van der Waals surface area contributed by atoms with Gasteiger partial charge in [-0.05, 0) is 41.5 Å². The van der Waals surface area contributed by atoms with Crippen LogP contribution in [0.4, 0.5) is 0 Å². The first-order chi connectivity index (χ1) is 10.4. The summed E-state index contributed by atoms with van der Waals surface area (Å²) >= 11 is 0. The lowest BCUT2D eigenvalue weighted by molar-refractivity contribution is -0.218. The molecule has 0 aliphatic carbocycles. The van der Waals surface area contributed by atoms with E-state index in [0.717, 1.165) is 0 Å². The lowest BCUT2D eigenvalue weighted by atomic mass is 9.88. The van der Waals surface area contributed by atoms with Crippen LogP contribution in [0.3, 0.4) is 0 Å². The Labute approximate surface area is 140 Å². The molecule has 2 aliphatic rings. The zero-order valence-corrected chi connectivity index (χ0v) is 15.5. The van der Waals surface area contributed by atoms with Gasteiger partial charge in [0.2, 0.25) is 0 Å². The van der Waals surface area contributed by atoms with Crippen LogP contribution in [0.5, 0.6) is 0 Å². The van der Waals surface area contributed by atoms with Gasteiger partial charge in [-0.1, -0.05) is 0 Å². The van der Waals surface area contributed by atoms with E-state index >= 15 is 0 Å². The van der Waals surface area contributed by atoms with Crippen LogP contribution in [0.2, 0.25) is 0 Å². The predicted molar refractivity (Wildman–Crippen MR) is 87.5 cm³/mol. The molecule has 6 heteroatoms. The molecule has 6 nitrogen and oxygen atoms in total. The van der Waals surface area contributed by atoms with Gasteiger partial charge in [0.1, 0.15) is 5.60 Å². The van der Waals surface area contributed by atoms with Crippen molar-refractivity contribution >= 4 is 0 Å². The van der Waals surface area contributed by atoms with Crippen molar-refractivity contribution in [3.8, 4) is 0 Å². The second-order valence-corrected chi connectivity index (χ2v) is 8.67. The van der Waals surface area contributed by atoms with Gasteiger partial charge >= 0.3 is 0 Å². The van der Waals surface area contributed by atoms with E-state index in [1.54, 1.807) is 0 Å². The molecule has 0 saturated carbocycles. The smallest absolute Gasteiger partial charge is 0.134 e. The highest BCUT2D eigenvalue weighted by molar-refractivity contribution is 4.86. The Morgan fingerprint density at radius 1 is 0.826 bits per heavy atom. The van der Waals surface area contributed by atoms with Crippen molar-refractivity contribution in [3.63, 3.8) is 0 Å². The summed E-state index contributed by atoms with van der Waals surface area (Å²) in [5.74, 6) is 0. The summed E-state index contributed by atoms with van der Waals surface area (Å²) < 4.78 is 20.9. The van der Waals surface area contributed by atoms with E-state index in [0.29, 0.717) is 39.6 Å². The fourth-order valence-electron chi connectivity index (χ4n) is 1.75. The summed E-state index contributed by atoms with van der Waals surface area (Å²) in [6.45, 7) is 15.1. The summed E-state index contributed by atoms with van der Waals surface area (Å²) in [5, 5.41) is 18.6. The molecule has 23 heavy (non-hydrogen) atoms. The lowest BCUT2D eigenvalue weighted by Gasteiger charge is -2.41. The van der Waals surface area contributed by atoms with E-state index in [2.05, 4.69) is 0 Å². The van der Waals surface area contributed by atoms with Gasteiger partial charge < -0.3 is 29.2 Å². The van der Waals surface area contributed by atoms with Gasteiger partial charge in [-0.3, -0.25) is 0 Å². The standard InChI is InChI=1S/C9H18O3.C8H16O3/c1-8(2,3)12-7-9(4-10)5-11-6-9;1-7(2,3)11-6-8(9)4-10-5-8/h10H,4-7H2,1-3H3;9H,4-6H2,1-3H3. The van der Waals surface area contributed by atoms with Crippen LogP contribution in [0.25, 0.3) is 0 Å². The third kappa shape index (κ3) is 7.92. The highest BCUT2D eigenvalue weighted by Gasteiger charge is 2.39. The third-order valence-electron chi connectivity index (χ3n) is 3.48. The molecule has 2 N–H and O–H groups in total. The highest BCUT2D eigenvalue weighted by Crippen LogP contribution is 2.28. The van der Waals surface area contributed by atoms with Crippen molar-refractivity contribution in [2.75, 3.05) is 46.2 Å². The molecule has 2 fully saturated rings. The van der Waals surface area contributed by atoms with Gasteiger partial charge in [-0.2, -0.15) is 0 Å². The topological polar surface area (TPSA) is 77.4 Å². The molecule has 0 aromatic rings. The van der Waals surface area contributed by atoms with E-state index in [4.69, 9.17) is 24.1 Å². The van der Waals surface area contributed by atoms with E-state index in [1.807, 2.05) is 41.5 Å². The second kappa shape index (κ2) is 7.76. The Kier molecular flexibility index (Phi) is 7.02. The molecule has 0 spiro atoms. The first-order valence-electron chi connectivity index (χ1n) is 8.16. The summed E-state index contributed by atoms with van der Waals surface area (Å²) in [6, 6.07) is 0. The maximum atomic E-state index is 9.52. The molecule has 0 radical (unpaired) electrons. The monoisotopic (exact) mass is 334 g/mol. The molecule has 2 heterocycles. The fraction of sp³-hybridized carbons (Fsp3) is 1.00. The molecule has 138 valence electrons. The van der Waals surface area contributed by atoms with Crippen molar-refractivity contribution in [3.05, 3.63) is 0 Å². The van der Waals surface area contributed by atoms with Crippen molar-refractivity contribution in [2.24, 2.45) is 5.41 Å². The van der Waals surface area contributed by atoms with E-state index in [-0.39, 0.29) is 23.2 Å². The third-order valence-corrected chi connectivity index (χ3v) is 3.48. The van der Waals surface area contributed by atoms with Gasteiger partial charge in [-0.25, -0.2) is 0 Å². The summed E-state index contributed by atoms with van der Waals surface area (Å²) in [4.78, 5) is 0. The van der Waals surface area contributed by atoms with Gasteiger partial charge in [0.05, 0.1) is 62.9 Å². The summed E-state index contributed by atoms with van der Waals surface area (Å²) in [7, 11) is 0. The van der Waals surface area contributed by atoms with Crippen LogP contribution in [0.1, 0.15) is 41.5 Å². The molecule has 2 saturated heterocycles. The molecule has 2 rings (SSSR count). The number of aliphatic hydroxyl groups excluding tert-OH is 1. The average Bonchev–Trinajstić information content (AvgIpc) is 2.32. The molecule has 2 aliphatic heterocycles. The van der Waals surface area contributed by atoms with E-state index in [1.165, 1.54) is 0 Å². The van der Waals surface area contributed by atoms with Crippen molar-refractivity contribution in [2.45, 2.75) is 58.3 Å². The Balaban J connectivity index is 0.000000231. The Hall–Kier alpha value is -0.240. The number of hydrogen-bond acceptors (Lipinski definition) is 6. The van der Waals surface area contributed by atoms with Crippen molar-refractivity contribution in [1.82, 2.24) is 0 Å². The van der Waals surface area contributed by atoms with Gasteiger partial charge in [0, 0.05) is 0 Å². The quantitative estimate of drug-likeness (QED) is 0.791. The minimum atomic E-state index is -0.715. The Morgan fingerprint density at radius 2 is 1.26 bits per heavy atom. The predicted octanol–water partition coefficient (Wildman–Crippen LogP) is 1.37. The Bertz CT molecular complexity index is 342. The molecular formula is C17H34O6. The maximum Gasteiger partial charge on any atom is 0.134 e. The lowest BCUT2D eigenvalue weighted by Crippen LogP contribution is -2.54. The van der Waals surface area contributed by atoms with Crippen LogP contribution in [-0.2, 0) is 18.9 Å². The van der Waals surface area contributed by atoms with Crippen LogP contribution < -0.4 is 0 Å². The second-order valence-electron chi connectivity index (χ2n) is 8.67. The maximum absolute atomic E-state index is 9.52. The number of ether oxygens (including phenoxy) is 4. The van der Waals surface area contributed by atoms with Gasteiger partial charge in [-0.15, -0.1) is 0 Å². The summed E-state index contributed by atoms with van der Waals surface area (Å²) in [6.07, 6.45) is 0. The zero-order chi connectivity index (χ0) is 17.8. The van der Waals surface area contributed by atoms with Crippen LogP contribution >= 0.6 is 0 Å². The SMILES string of the molecule is CC(C)(C)OCC1(CO)COC1.CC(C)(C)OCC1(O)COC1. The normalized spacial score (nSPS) is 22.4. The number of aliphatic hydroxyl groups is 2. The van der Waals surface area contributed by atoms with Crippen LogP contribution in [-0.4, -0.2) is 73.3 Å². The number of rotatable bonds is 5. The van der Waals surface area contributed by atoms with Crippen LogP contribution in [0.15, 0.2) is 0 Å². The molecule has 0 unspecified atom stereocenters. The fourth-order valence-corrected chi connectivity index (χ4v) is 1.75. The zero-order valence-electron chi connectivity index (χ0n) is 15.5. The molecule has 0 atom stereocenters. The largest absolute Gasteiger partial charge is 0.396 e. The van der Waals surface area contributed by atoms with E-state index < -0.39 is 5.60 Å². The minimum Gasteiger partial charge on any atom is -0.396 e. The first kappa shape index (κ1) is 20.8. The van der Waals surface area contributed by atoms with Gasteiger partial charge in [0.25, 0.3) is 0 Å². The molecule has 0 amide bonds. The van der Waals surface area contributed by atoms with Crippen LogP contribution in [0, 0.1) is 5.41 Å². The number of hydrogen-bond donors (Lipinski definition) is 2. The molecule has 0 aromatic carbocycles. The first-order valence-corrected chi connectivity index (χ1v) is 8.16. The summed E-state index contributed by atoms with van der Waals surface area (Å²) in [5.41, 5.74) is -1.14. The van der Waals surface area contributed by atoms with Crippen molar-refractivity contribution < 1.29 is 29.2 Å². The molecule has 0 bridgehead atoms. The van der Waals surface area contributed by atoms with Gasteiger partial charge in [0.15, 0.2) is 0 Å². The van der Waals surface area contributed by atoms with Crippen molar-refractivity contribution in [1.29, 1.82) is 0 Å². The minimum absolute atomic E-state index is 0.118. The Morgan fingerprint density at radius 3 is 1.52 bits per heavy atom. The molecule has 0 aromatic heterocycles. The highest BCUT2D eigenvalue weighted by atomic mass is 16.6. The average molecular weight is 334 g/mol. The molecular weight excluding hydrogens is 300 g/mol.